The van der Waals surface area contributed by atoms with Crippen LogP contribution in [0, 0.1) is 23.7 Å². The van der Waals surface area contributed by atoms with Crippen LogP contribution in [-0.4, -0.2) is 0 Å². The van der Waals surface area contributed by atoms with Crippen molar-refractivity contribution in [1.29, 1.82) is 0 Å². The number of rotatable bonds is 0. The topological polar surface area (TPSA) is 0 Å². The van der Waals surface area contributed by atoms with E-state index in [0.717, 1.165) is 0 Å². The van der Waals surface area contributed by atoms with Crippen LogP contribution in [0.2, 0.25) is 0 Å². The fraction of sp³-hybridized carbons (Fsp3) is 1.00. The van der Waals surface area contributed by atoms with Crippen molar-refractivity contribution in [3.63, 3.8) is 0 Å². The second-order valence-corrected chi connectivity index (χ2v) is 4.77. The van der Waals surface area contributed by atoms with Crippen LogP contribution in [0.25, 0.3) is 0 Å². The van der Waals surface area contributed by atoms with Gasteiger partial charge in [0, 0.05) is 0 Å². The monoisotopic (exact) mass is 136 g/mol. The highest BCUT2D eigenvalue weighted by molar-refractivity contribution is 4.94. The van der Waals surface area contributed by atoms with Gasteiger partial charge in [0.15, 0.2) is 0 Å². The molecule has 3 rings (SSSR count). The van der Waals surface area contributed by atoms with Crippen LogP contribution in [0.3, 0.4) is 0 Å². The molecule has 0 saturated heterocycles. The van der Waals surface area contributed by atoms with Crippen LogP contribution in [0.15, 0.2) is 0 Å². The maximum atomic E-state index is 1.61. The minimum Gasteiger partial charge on any atom is -0.0502 e. The Labute approximate surface area is 63.0 Å². The van der Waals surface area contributed by atoms with Gasteiger partial charge >= 0.3 is 0 Å². The fourth-order valence-electron chi connectivity index (χ4n) is 3.85. The molecule has 0 spiro atoms. The third kappa shape index (κ3) is 0.627. The van der Waals surface area contributed by atoms with E-state index in [1.54, 1.807) is 38.5 Å². The van der Waals surface area contributed by atoms with Gasteiger partial charge < -0.3 is 0 Å². The lowest BCUT2D eigenvalue weighted by atomic mass is 9.72. The molecule has 0 heterocycles. The third-order valence-corrected chi connectivity index (χ3v) is 4.19. The molecule has 0 heteroatoms. The highest BCUT2D eigenvalue weighted by Crippen LogP contribution is 2.54. The van der Waals surface area contributed by atoms with Crippen molar-refractivity contribution in [2.24, 2.45) is 23.7 Å². The molecular formula is C10H16. The minimum absolute atomic E-state index is 1.17. The smallest absolute Gasteiger partial charge is 0.0380 e. The van der Waals surface area contributed by atoms with Crippen molar-refractivity contribution in [2.45, 2.75) is 38.5 Å². The van der Waals surface area contributed by atoms with E-state index in [1.165, 1.54) is 23.7 Å². The molecule has 0 N–H and O–H groups in total. The van der Waals surface area contributed by atoms with Crippen molar-refractivity contribution < 1.29 is 0 Å². The summed E-state index contributed by atoms with van der Waals surface area (Å²) < 4.78 is 0. The van der Waals surface area contributed by atoms with E-state index in [9.17, 15) is 0 Å². The lowest BCUT2D eigenvalue weighted by Crippen LogP contribution is -2.22. The number of hydrogen-bond acceptors (Lipinski definition) is 0. The van der Waals surface area contributed by atoms with Crippen molar-refractivity contribution >= 4 is 0 Å². The van der Waals surface area contributed by atoms with E-state index in [0.29, 0.717) is 0 Å². The summed E-state index contributed by atoms with van der Waals surface area (Å²) in [5.74, 6) is 4.72. The zero-order chi connectivity index (χ0) is 6.55. The summed E-state index contributed by atoms with van der Waals surface area (Å²) >= 11 is 0. The van der Waals surface area contributed by atoms with Crippen LogP contribution in [0.5, 0.6) is 0 Å². The van der Waals surface area contributed by atoms with Gasteiger partial charge in [0.1, 0.15) is 0 Å². The molecule has 3 fully saturated rings. The van der Waals surface area contributed by atoms with Crippen LogP contribution >= 0.6 is 0 Å². The summed E-state index contributed by atoms with van der Waals surface area (Å²) in [4.78, 5) is 0. The van der Waals surface area contributed by atoms with E-state index in [2.05, 4.69) is 0 Å². The molecule has 0 nitrogen and oxygen atoms in total. The Morgan fingerprint density at radius 2 is 1.40 bits per heavy atom. The largest absolute Gasteiger partial charge is 0.0502 e. The SMILES string of the molecule is C1C[C@H]2C[C@H]3C[C@@H]1C[C@@H]2C3. The number of hydrogen-bond donors (Lipinski definition) is 0. The van der Waals surface area contributed by atoms with Gasteiger partial charge in [0.25, 0.3) is 0 Å². The molecule has 3 bridgehead atoms. The zero-order valence-electron chi connectivity index (χ0n) is 6.55. The maximum absolute atomic E-state index is 1.61. The lowest BCUT2D eigenvalue weighted by molar-refractivity contribution is 0.177. The zero-order valence-corrected chi connectivity index (χ0v) is 6.55. The molecule has 0 aromatic heterocycles. The van der Waals surface area contributed by atoms with E-state index < -0.39 is 0 Å². The van der Waals surface area contributed by atoms with Gasteiger partial charge in [-0.05, 0) is 55.8 Å². The molecule has 4 atom stereocenters. The van der Waals surface area contributed by atoms with E-state index in [4.69, 9.17) is 0 Å². The molecule has 3 aliphatic rings. The fourth-order valence-corrected chi connectivity index (χ4v) is 3.85. The second-order valence-electron chi connectivity index (χ2n) is 4.77. The van der Waals surface area contributed by atoms with Crippen molar-refractivity contribution in [3.05, 3.63) is 0 Å². The van der Waals surface area contributed by atoms with Gasteiger partial charge in [-0.1, -0.05) is 6.42 Å². The van der Waals surface area contributed by atoms with Crippen molar-refractivity contribution in [1.82, 2.24) is 0 Å². The van der Waals surface area contributed by atoms with Gasteiger partial charge in [-0.3, -0.25) is 0 Å². The average molecular weight is 136 g/mol. The van der Waals surface area contributed by atoms with Gasteiger partial charge in [0.05, 0.1) is 0 Å². The molecule has 0 amide bonds. The summed E-state index contributed by atoms with van der Waals surface area (Å²) in [6.45, 7) is 0. The van der Waals surface area contributed by atoms with Crippen molar-refractivity contribution in [2.75, 3.05) is 0 Å². The molecule has 10 heavy (non-hydrogen) atoms. The standard InChI is InChI=1S/C10H16/c1-2-9-5-8-3-7(1)4-10(9)6-8/h7-10H,1-6H2/t7-,8-,9+,10-/m1/s1. The number of fused-ring (bicyclic) bond motifs is 2. The van der Waals surface area contributed by atoms with Gasteiger partial charge in [-0.25, -0.2) is 0 Å². The van der Waals surface area contributed by atoms with Crippen LogP contribution in [-0.2, 0) is 0 Å². The third-order valence-electron chi connectivity index (χ3n) is 4.19. The lowest BCUT2D eigenvalue weighted by Gasteiger charge is -2.33. The first-order valence-corrected chi connectivity index (χ1v) is 4.92. The van der Waals surface area contributed by atoms with Crippen LogP contribution in [0.4, 0.5) is 0 Å². The molecular weight excluding hydrogens is 120 g/mol. The summed E-state index contributed by atoms with van der Waals surface area (Å²) in [7, 11) is 0. The first-order chi connectivity index (χ1) is 4.92. The molecule has 3 saturated carbocycles. The Balaban J connectivity index is 1.94. The summed E-state index contributed by atoms with van der Waals surface area (Å²) in [6.07, 6.45) is 9.61. The Kier molecular flexibility index (Phi) is 1.00. The predicted octanol–water partition coefficient (Wildman–Crippen LogP) is 2.83. The van der Waals surface area contributed by atoms with E-state index in [-0.39, 0.29) is 0 Å². The van der Waals surface area contributed by atoms with Gasteiger partial charge in [0.2, 0.25) is 0 Å². The van der Waals surface area contributed by atoms with Crippen molar-refractivity contribution in [3.8, 4) is 0 Å². The molecule has 0 unspecified atom stereocenters. The average Bonchev–Trinajstić information content (AvgIpc) is 2.11. The van der Waals surface area contributed by atoms with Crippen LogP contribution in [0.1, 0.15) is 38.5 Å². The summed E-state index contributed by atoms with van der Waals surface area (Å²) in [6, 6.07) is 0. The second kappa shape index (κ2) is 1.78. The quantitative estimate of drug-likeness (QED) is 0.480. The molecule has 56 valence electrons. The highest BCUT2D eigenvalue weighted by atomic mass is 14.5. The molecule has 3 aliphatic carbocycles. The Bertz CT molecular complexity index is 140. The molecule has 0 aliphatic heterocycles. The molecule has 0 radical (unpaired) electrons. The molecule has 0 aromatic rings. The summed E-state index contributed by atoms with van der Waals surface area (Å²) in [5.41, 5.74) is 0. The molecule has 0 aromatic carbocycles. The summed E-state index contributed by atoms with van der Waals surface area (Å²) in [5, 5.41) is 0. The minimum atomic E-state index is 1.17. The Morgan fingerprint density at radius 1 is 0.600 bits per heavy atom. The maximum Gasteiger partial charge on any atom is -0.0380 e. The Morgan fingerprint density at radius 3 is 2.40 bits per heavy atom. The first kappa shape index (κ1) is 5.62. The Hall–Kier alpha value is 0. The van der Waals surface area contributed by atoms with Crippen LogP contribution < -0.4 is 0 Å². The predicted molar refractivity (Wildman–Crippen MR) is 41.7 cm³/mol. The van der Waals surface area contributed by atoms with Gasteiger partial charge in [-0.15, -0.1) is 0 Å². The van der Waals surface area contributed by atoms with E-state index >= 15 is 0 Å². The van der Waals surface area contributed by atoms with E-state index in [1.807, 2.05) is 0 Å². The normalized spacial score (nSPS) is 57.6. The highest BCUT2D eigenvalue weighted by Gasteiger charge is 2.43. The van der Waals surface area contributed by atoms with Gasteiger partial charge in [-0.2, -0.15) is 0 Å². The first-order valence-electron chi connectivity index (χ1n) is 4.92.